The fourth-order valence-electron chi connectivity index (χ4n) is 3.99. The van der Waals surface area contributed by atoms with Gasteiger partial charge < -0.3 is 23.8 Å². The summed E-state index contributed by atoms with van der Waals surface area (Å²) in [4.78, 5) is 43.6. The average molecular weight is 484 g/mol. The van der Waals surface area contributed by atoms with E-state index in [1.165, 1.54) is 4.90 Å². The summed E-state index contributed by atoms with van der Waals surface area (Å²) in [5.41, 5.74) is 3.57. The summed E-state index contributed by atoms with van der Waals surface area (Å²) >= 11 is 0. The highest BCUT2D eigenvalue weighted by Gasteiger charge is 2.22. The molecule has 0 atom stereocenters. The van der Waals surface area contributed by atoms with Gasteiger partial charge in [-0.15, -0.1) is 0 Å². The van der Waals surface area contributed by atoms with Crippen LogP contribution >= 0.6 is 0 Å². The van der Waals surface area contributed by atoms with E-state index in [1.54, 1.807) is 89.7 Å². The number of hydrogen-bond acceptors (Lipinski definition) is 3. The van der Waals surface area contributed by atoms with Gasteiger partial charge in [0.15, 0.2) is 0 Å². The predicted octanol–water partition coefficient (Wildman–Crippen LogP) is 4.19. The Hall–Kier alpha value is -4.59. The quantitative estimate of drug-likeness (QED) is 0.413. The number of nitrogens with zero attached hydrogens (tertiary/aromatic N) is 5. The molecule has 0 spiro atoms. The molecule has 2 aromatic carbocycles. The molecule has 0 fully saturated rings. The minimum atomic E-state index is -0.223. The number of hydrogen-bond donors (Lipinski definition) is 0. The Morgan fingerprint density at radius 1 is 0.583 bits per heavy atom. The molecule has 8 heteroatoms. The molecular formula is C28H29N5O3. The fraction of sp³-hybridized carbons (Fsp3) is 0.179. The lowest BCUT2D eigenvalue weighted by Gasteiger charge is -2.19. The number of anilines is 3. The molecule has 4 rings (SSSR count). The van der Waals surface area contributed by atoms with E-state index in [1.807, 2.05) is 49.6 Å². The number of aromatic nitrogens is 2. The Labute approximate surface area is 210 Å². The Kier molecular flexibility index (Phi) is 6.78. The number of amides is 3. The van der Waals surface area contributed by atoms with Crippen molar-refractivity contribution in [3.8, 4) is 0 Å². The van der Waals surface area contributed by atoms with E-state index < -0.39 is 0 Å². The third-order valence-electron chi connectivity index (χ3n) is 6.32. The maximum Gasteiger partial charge on any atom is 0.274 e. The van der Waals surface area contributed by atoms with E-state index in [-0.39, 0.29) is 17.7 Å². The molecule has 2 heterocycles. The van der Waals surface area contributed by atoms with E-state index in [9.17, 15) is 14.4 Å². The van der Waals surface area contributed by atoms with Crippen LogP contribution < -0.4 is 14.7 Å². The molecule has 0 N–H and O–H groups in total. The molecule has 0 radical (unpaired) electrons. The zero-order chi connectivity index (χ0) is 26.0. The van der Waals surface area contributed by atoms with Crippen LogP contribution in [0.15, 0.2) is 85.2 Å². The van der Waals surface area contributed by atoms with Crippen molar-refractivity contribution < 1.29 is 14.4 Å². The van der Waals surface area contributed by atoms with Crippen molar-refractivity contribution in [3.05, 3.63) is 102 Å². The number of carbonyl (C=O) groups excluding carboxylic acids is 3. The number of rotatable bonds is 6. The number of carbonyl (C=O) groups is 3. The molecular weight excluding hydrogens is 454 g/mol. The highest BCUT2D eigenvalue weighted by atomic mass is 16.2. The highest BCUT2D eigenvalue weighted by molar-refractivity contribution is 6.09. The van der Waals surface area contributed by atoms with Crippen LogP contribution in [0.4, 0.5) is 17.1 Å². The van der Waals surface area contributed by atoms with Gasteiger partial charge in [0, 0.05) is 64.6 Å². The van der Waals surface area contributed by atoms with Gasteiger partial charge in [-0.05, 0) is 54.6 Å². The summed E-state index contributed by atoms with van der Waals surface area (Å²) in [6.07, 6.45) is 3.57. The van der Waals surface area contributed by atoms with Crippen molar-refractivity contribution in [2.24, 2.45) is 14.1 Å². The van der Waals surface area contributed by atoms with Crippen LogP contribution in [0.1, 0.15) is 31.3 Å². The average Bonchev–Trinajstić information content (AvgIpc) is 3.51. The number of para-hydroxylation sites is 1. The molecule has 0 aliphatic carbocycles. The van der Waals surface area contributed by atoms with E-state index in [2.05, 4.69) is 0 Å². The molecule has 8 nitrogen and oxygen atoms in total. The predicted molar refractivity (Wildman–Crippen MR) is 142 cm³/mol. The molecule has 36 heavy (non-hydrogen) atoms. The normalized spacial score (nSPS) is 10.7. The summed E-state index contributed by atoms with van der Waals surface area (Å²) in [6, 6.07) is 21.6. The maximum absolute atomic E-state index is 13.2. The summed E-state index contributed by atoms with van der Waals surface area (Å²) in [5, 5.41) is 0. The van der Waals surface area contributed by atoms with Crippen LogP contribution in [0.25, 0.3) is 0 Å². The number of benzene rings is 2. The SMILES string of the molecule is CN(C(=O)c1ccc(N(C)C(=O)c2cccn2C)cc1)c1cc(C(=O)N(C)c2ccccc2)n(C)c1. The molecule has 2 aromatic heterocycles. The smallest absolute Gasteiger partial charge is 0.274 e. The van der Waals surface area contributed by atoms with E-state index in [0.717, 1.165) is 5.69 Å². The van der Waals surface area contributed by atoms with Crippen LogP contribution in [-0.2, 0) is 14.1 Å². The number of aryl methyl sites for hydroxylation is 2. The van der Waals surface area contributed by atoms with Crippen LogP contribution in [0.5, 0.6) is 0 Å². The second-order valence-corrected chi connectivity index (χ2v) is 8.67. The summed E-state index contributed by atoms with van der Waals surface area (Å²) in [6.45, 7) is 0. The second kappa shape index (κ2) is 9.95. The molecule has 0 saturated heterocycles. The van der Waals surface area contributed by atoms with Crippen molar-refractivity contribution in [1.82, 2.24) is 9.13 Å². The van der Waals surface area contributed by atoms with Gasteiger partial charge in [-0.1, -0.05) is 18.2 Å². The van der Waals surface area contributed by atoms with E-state index in [0.29, 0.717) is 28.3 Å². The van der Waals surface area contributed by atoms with Gasteiger partial charge in [-0.2, -0.15) is 0 Å². The first-order valence-electron chi connectivity index (χ1n) is 11.5. The zero-order valence-corrected chi connectivity index (χ0v) is 21.0. The van der Waals surface area contributed by atoms with Crippen LogP contribution in [0.3, 0.4) is 0 Å². The molecule has 184 valence electrons. The third-order valence-corrected chi connectivity index (χ3v) is 6.32. The van der Waals surface area contributed by atoms with Crippen molar-refractivity contribution in [2.45, 2.75) is 0 Å². The molecule has 0 bridgehead atoms. The van der Waals surface area contributed by atoms with Gasteiger partial charge in [0.2, 0.25) is 0 Å². The Morgan fingerprint density at radius 3 is 1.72 bits per heavy atom. The first-order chi connectivity index (χ1) is 17.2. The summed E-state index contributed by atoms with van der Waals surface area (Å²) in [5.74, 6) is -0.536. The summed E-state index contributed by atoms with van der Waals surface area (Å²) < 4.78 is 3.48. The highest BCUT2D eigenvalue weighted by Crippen LogP contribution is 2.23. The lowest BCUT2D eigenvalue weighted by Crippen LogP contribution is -2.28. The van der Waals surface area contributed by atoms with Gasteiger partial charge in [0.05, 0.1) is 5.69 Å². The minimum Gasteiger partial charge on any atom is -0.347 e. The molecule has 0 aliphatic heterocycles. The lowest BCUT2D eigenvalue weighted by atomic mass is 10.1. The first-order valence-corrected chi connectivity index (χ1v) is 11.5. The molecule has 3 amide bonds. The molecule has 0 saturated carbocycles. The van der Waals surface area contributed by atoms with Crippen molar-refractivity contribution >= 4 is 34.8 Å². The van der Waals surface area contributed by atoms with Gasteiger partial charge >= 0.3 is 0 Å². The first kappa shape index (κ1) is 24.5. The lowest BCUT2D eigenvalue weighted by molar-refractivity contribution is 0.0977. The van der Waals surface area contributed by atoms with E-state index >= 15 is 0 Å². The van der Waals surface area contributed by atoms with Crippen LogP contribution in [0.2, 0.25) is 0 Å². The van der Waals surface area contributed by atoms with Crippen molar-refractivity contribution in [1.29, 1.82) is 0 Å². The fourth-order valence-corrected chi connectivity index (χ4v) is 3.99. The Balaban J connectivity index is 1.49. The van der Waals surface area contributed by atoms with Gasteiger partial charge in [-0.25, -0.2) is 0 Å². The zero-order valence-electron chi connectivity index (χ0n) is 21.0. The van der Waals surface area contributed by atoms with Crippen LogP contribution in [0, 0.1) is 0 Å². The maximum atomic E-state index is 13.2. The van der Waals surface area contributed by atoms with Crippen molar-refractivity contribution in [3.63, 3.8) is 0 Å². The molecule has 0 aliphatic rings. The Morgan fingerprint density at radius 2 is 1.14 bits per heavy atom. The molecule has 4 aromatic rings. The van der Waals surface area contributed by atoms with E-state index in [4.69, 9.17) is 0 Å². The second-order valence-electron chi connectivity index (χ2n) is 8.67. The van der Waals surface area contributed by atoms with Crippen molar-refractivity contribution in [2.75, 3.05) is 35.8 Å². The van der Waals surface area contributed by atoms with Gasteiger partial charge in [-0.3, -0.25) is 14.4 Å². The monoisotopic (exact) mass is 483 g/mol. The van der Waals surface area contributed by atoms with Gasteiger partial charge in [0.25, 0.3) is 17.7 Å². The standard InChI is InChI=1S/C28H29N5O3/c1-29-17-9-12-24(29)27(35)32(4)22-15-13-20(14-16-22)26(34)33(5)23-18-25(30(2)19-23)28(36)31(3)21-10-7-6-8-11-21/h6-19H,1-5H3. The van der Waals surface area contributed by atoms with Crippen LogP contribution in [-0.4, -0.2) is 48.0 Å². The third kappa shape index (κ3) is 4.65. The summed E-state index contributed by atoms with van der Waals surface area (Å²) in [7, 11) is 8.70. The Bertz CT molecular complexity index is 1400. The largest absolute Gasteiger partial charge is 0.347 e. The van der Waals surface area contributed by atoms with Gasteiger partial charge in [0.1, 0.15) is 11.4 Å². The topological polar surface area (TPSA) is 70.8 Å². The molecule has 0 unspecified atom stereocenters. The minimum absolute atomic E-state index is 0.138.